The number of ether oxygens (including phenoxy) is 1. The number of nitrogens with zero attached hydrogens (tertiary/aromatic N) is 3. The Morgan fingerprint density at radius 3 is 2.67 bits per heavy atom. The van der Waals surface area contributed by atoms with Gasteiger partial charge in [0.2, 0.25) is 11.8 Å². The van der Waals surface area contributed by atoms with Crippen molar-refractivity contribution < 1.29 is 14.3 Å². The first kappa shape index (κ1) is 16.9. The summed E-state index contributed by atoms with van der Waals surface area (Å²) in [4.78, 5) is 32.3. The molecule has 6 heteroatoms. The monoisotopic (exact) mass is 331 g/mol. The van der Waals surface area contributed by atoms with Gasteiger partial charge in [-0.05, 0) is 37.5 Å². The largest absolute Gasteiger partial charge is 0.372 e. The minimum absolute atomic E-state index is 0.0342. The van der Waals surface area contributed by atoms with E-state index >= 15 is 0 Å². The molecule has 0 bridgehead atoms. The highest BCUT2D eigenvalue weighted by atomic mass is 16.5. The Morgan fingerprint density at radius 1 is 1.29 bits per heavy atom. The van der Waals surface area contributed by atoms with Crippen molar-refractivity contribution in [3.63, 3.8) is 0 Å². The molecule has 0 radical (unpaired) electrons. The molecule has 130 valence electrons. The molecule has 2 fully saturated rings. The van der Waals surface area contributed by atoms with Crippen molar-refractivity contribution in [2.45, 2.75) is 32.7 Å². The third-order valence-corrected chi connectivity index (χ3v) is 5.13. The van der Waals surface area contributed by atoms with Gasteiger partial charge in [-0.15, -0.1) is 0 Å². The van der Waals surface area contributed by atoms with Crippen molar-refractivity contribution in [2.24, 2.45) is 5.41 Å². The summed E-state index contributed by atoms with van der Waals surface area (Å²) in [6, 6.07) is 3.90. The number of aromatic nitrogens is 1. The Labute approximate surface area is 142 Å². The highest BCUT2D eigenvalue weighted by Gasteiger charge is 2.45. The fraction of sp³-hybridized carbons (Fsp3) is 0.611. The lowest BCUT2D eigenvalue weighted by molar-refractivity contribution is -0.138. The van der Waals surface area contributed by atoms with Gasteiger partial charge in [0.1, 0.15) is 6.61 Å². The first-order valence-corrected chi connectivity index (χ1v) is 8.64. The molecule has 2 aliphatic rings. The van der Waals surface area contributed by atoms with Crippen LogP contribution < -0.4 is 0 Å². The minimum atomic E-state index is 0.0342. The van der Waals surface area contributed by atoms with E-state index in [0.29, 0.717) is 19.6 Å². The lowest BCUT2D eigenvalue weighted by Gasteiger charge is -2.38. The summed E-state index contributed by atoms with van der Waals surface area (Å²) in [6.45, 7) is 5.50. The van der Waals surface area contributed by atoms with E-state index in [1.165, 1.54) is 0 Å². The smallest absolute Gasteiger partial charge is 0.248 e. The lowest BCUT2D eigenvalue weighted by atomic mass is 9.77. The number of carbonyl (C=O) groups is 2. The summed E-state index contributed by atoms with van der Waals surface area (Å²) in [5.41, 5.74) is 1.15. The maximum absolute atomic E-state index is 12.4. The van der Waals surface area contributed by atoms with Crippen molar-refractivity contribution >= 4 is 11.8 Å². The zero-order valence-electron chi connectivity index (χ0n) is 14.2. The van der Waals surface area contributed by atoms with Crippen molar-refractivity contribution in [3.8, 4) is 0 Å². The fourth-order valence-electron chi connectivity index (χ4n) is 3.68. The summed E-state index contributed by atoms with van der Waals surface area (Å²) in [5.74, 6) is 0.283. The molecule has 1 aromatic rings. The van der Waals surface area contributed by atoms with Gasteiger partial charge in [0, 0.05) is 57.0 Å². The number of carbonyl (C=O) groups excluding carboxylic acids is 2. The van der Waals surface area contributed by atoms with Gasteiger partial charge in [0.15, 0.2) is 0 Å². The quantitative estimate of drug-likeness (QED) is 0.819. The van der Waals surface area contributed by atoms with Gasteiger partial charge in [-0.25, -0.2) is 0 Å². The van der Waals surface area contributed by atoms with Crippen LogP contribution in [-0.4, -0.2) is 59.4 Å². The SMILES string of the molecule is CCOCC(=O)N1CCC2(CC1)CC(=O)N(Cc1ccncc1)C2. The number of hydrogen-bond donors (Lipinski definition) is 0. The summed E-state index contributed by atoms with van der Waals surface area (Å²) < 4.78 is 5.21. The van der Waals surface area contributed by atoms with Crippen molar-refractivity contribution in [2.75, 3.05) is 32.8 Å². The van der Waals surface area contributed by atoms with Crippen LogP contribution in [0, 0.1) is 5.41 Å². The Kier molecular flexibility index (Phi) is 5.14. The number of amides is 2. The molecule has 2 aliphatic heterocycles. The average molecular weight is 331 g/mol. The molecule has 6 nitrogen and oxygen atoms in total. The van der Waals surface area contributed by atoms with Crippen LogP contribution in [0.4, 0.5) is 0 Å². The van der Waals surface area contributed by atoms with Gasteiger partial charge in [0.25, 0.3) is 0 Å². The van der Waals surface area contributed by atoms with Crippen LogP contribution in [-0.2, 0) is 20.9 Å². The molecule has 0 atom stereocenters. The predicted molar refractivity (Wildman–Crippen MR) is 89.0 cm³/mol. The summed E-state index contributed by atoms with van der Waals surface area (Å²) >= 11 is 0. The molecule has 24 heavy (non-hydrogen) atoms. The lowest BCUT2D eigenvalue weighted by Crippen LogP contribution is -2.45. The standard InChI is InChI=1S/C18H25N3O3/c1-2-24-13-17(23)20-9-5-18(6-10-20)11-16(22)21(14-18)12-15-3-7-19-8-4-15/h3-4,7-8H,2,5-6,9-14H2,1H3. The second kappa shape index (κ2) is 7.30. The third kappa shape index (κ3) is 3.75. The predicted octanol–water partition coefficient (Wildman–Crippen LogP) is 1.46. The van der Waals surface area contributed by atoms with Gasteiger partial charge in [-0.2, -0.15) is 0 Å². The molecule has 0 aliphatic carbocycles. The summed E-state index contributed by atoms with van der Waals surface area (Å²) in [5, 5.41) is 0. The van der Waals surface area contributed by atoms with Crippen LogP contribution in [0.15, 0.2) is 24.5 Å². The Hall–Kier alpha value is -1.95. The van der Waals surface area contributed by atoms with E-state index in [-0.39, 0.29) is 23.8 Å². The zero-order chi connectivity index (χ0) is 17.0. The molecule has 2 saturated heterocycles. The van der Waals surface area contributed by atoms with E-state index in [1.54, 1.807) is 12.4 Å². The Balaban J connectivity index is 1.55. The van der Waals surface area contributed by atoms with Gasteiger partial charge in [-0.3, -0.25) is 14.6 Å². The van der Waals surface area contributed by atoms with Crippen molar-refractivity contribution in [1.29, 1.82) is 0 Å². The fourth-order valence-corrected chi connectivity index (χ4v) is 3.68. The van der Waals surface area contributed by atoms with Crippen LogP contribution in [0.25, 0.3) is 0 Å². The Morgan fingerprint density at radius 2 is 2.00 bits per heavy atom. The maximum Gasteiger partial charge on any atom is 0.248 e. The van der Waals surface area contributed by atoms with Crippen LogP contribution in [0.2, 0.25) is 0 Å². The molecule has 0 N–H and O–H groups in total. The second-order valence-electron chi connectivity index (χ2n) is 6.80. The van der Waals surface area contributed by atoms with Crippen molar-refractivity contribution in [1.82, 2.24) is 14.8 Å². The normalized spacial score (nSPS) is 20.0. The number of rotatable bonds is 5. The number of likely N-dealkylation sites (tertiary alicyclic amines) is 2. The summed E-state index contributed by atoms with van der Waals surface area (Å²) in [6.07, 6.45) is 5.90. The van der Waals surface area contributed by atoms with Gasteiger partial charge < -0.3 is 14.5 Å². The van der Waals surface area contributed by atoms with E-state index in [2.05, 4.69) is 4.98 Å². The van der Waals surface area contributed by atoms with Crippen LogP contribution >= 0.6 is 0 Å². The molecule has 1 spiro atoms. The third-order valence-electron chi connectivity index (χ3n) is 5.13. The average Bonchev–Trinajstić information content (AvgIpc) is 2.89. The first-order valence-electron chi connectivity index (χ1n) is 8.64. The highest BCUT2D eigenvalue weighted by molar-refractivity contribution is 5.80. The molecule has 0 aromatic carbocycles. The van der Waals surface area contributed by atoms with Crippen LogP contribution in [0.1, 0.15) is 31.7 Å². The van der Waals surface area contributed by atoms with Crippen LogP contribution in [0.5, 0.6) is 0 Å². The van der Waals surface area contributed by atoms with Gasteiger partial charge in [0.05, 0.1) is 0 Å². The van der Waals surface area contributed by atoms with E-state index in [4.69, 9.17) is 4.74 Å². The van der Waals surface area contributed by atoms with Crippen molar-refractivity contribution in [3.05, 3.63) is 30.1 Å². The minimum Gasteiger partial charge on any atom is -0.372 e. The number of piperidine rings is 1. The molecular weight excluding hydrogens is 306 g/mol. The van der Waals surface area contributed by atoms with E-state index in [9.17, 15) is 9.59 Å². The second-order valence-corrected chi connectivity index (χ2v) is 6.80. The highest BCUT2D eigenvalue weighted by Crippen LogP contribution is 2.41. The molecule has 1 aromatic heterocycles. The topological polar surface area (TPSA) is 62.7 Å². The van der Waals surface area contributed by atoms with Crippen LogP contribution in [0.3, 0.4) is 0 Å². The molecule has 3 rings (SSSR count). The number of pyridine rings is 1. The molecule has 3 heterocycles. The van der Waals surface area contributed by atoms with E-state index in [0.717, 1.165) is 38.0 Å². The van der Waals surface area contributed by atoms with Gasteiger partial charge >= 0.3 is 0 Å². The van der Waals surface area contributed by atoms with Gasteiger partial charge in [-0.1, -0.05) is 0 Å². The number of hydrogen-bond acceptors (Lipinski definition) is 4. The summed E-state index contributed by atoms with van der Waals surface area (Å²) in [7, 11) is 0. The molecule has 0 unspecified atom stereocenters. The maximum atomic E-state index is 12.4. The molecule has 0 saturated carbocycles. The Bertz CT molecular complexity index is 582. The first-order chi connectivity index (χ1) is 11.6. The molecular formula is C18H25N3O3. The molecule has 2 amide bonds. The van der Waals surface area contributed by atoms with E-state index in [1.807, 2.05) is 28.9 Å². The van der Waals surface area contributed by atoms with E-state index < -0.39 is 0 Å². The zero-order valence-corrected chi connectivity index (χ0v) is 14.2.